The zero-order valence-corrected chi connectivity index (χ0v) is 30.0. The van der Waals surface area contributed by atoms with E-state index in [1.807, 2.05) is 78.9 Å². The molecule has 56 heavy (non-hydrogen) atoms. The molecule has 0 radical (unpaired) electrons. The fourth-order valence-electron chi connectivity index (χ4n) is 7.77. The third-order valence-corrected chi connectivity index (χ3v) is 10.5. The van der Waals surface area contributed by atoms with Crippen molar-refractivity contribution in [3.8, 4) is 62.2 Å². The van der Waals surface area contributed by atoms with Gasteiger partial charge in [0.25, 0.3) is 0 Å². The molecule has 4 aromatic heterocycles. The monoisotopic (exact) mass is 717 g/mol. The van der Waals surface area contributed by atoms with Gasteiger partial charge in [-0.25, -0.2) is 19.9 Å². The van der Waals surface area contributed by atoms with Gasteiger partial charge in [-0.1, -0.05) is 152 Å². The summed E-state index contributed by atoms with van der Waals surface area (Å²) < 4.78 is 9.18. The Morgan fingerprint density at radius 2 is 0.821 bits per heavy atom. The molecule has 0 spiro atoms. The Hall–Kier alpha value is -7.70. The van der Waals surface area contributed by atoms with Crippen LogP contribution in [0.2, 0.25) is 0 Å². The summed E-state index contributed by atoms with van der Waals surface area (Å²) in [5.74, 6) is 1.92. The van der Waals surface area contributed by atoms with Gasteiger partial charge in [0, 0.05) is 38.7 Å². The normalized spacial score (nSPS) is 11.6. The smallest absolute Gasteiger partial charge is 0.164 e. The van der Waals surface area contributed by atoms with E-state index in [-0.39, 0.29) is 0 Å². The molecule has 6 heteroatoms. The summed E-state index contributed by atoms with van der Waals surface area (Å²) in [5, 5.41) is 3.06. The van der Waals surface area contributed by atoms with Crippen molar-refractivity contribution in [1.29, 1.82) is 0 Å². The first-order chi connectivity index (χ1) is 27.8. The van der Waals surface area contributed by atoms with E-state index in [2.05, 4.69) is 114 Å². The Labute approximate surface area is 322 Å². The van der Waals surface area contributed by atoms with Crippen molar-refractivity contribution >= 4 is 43.9 Å². The zero-order valence-electron chi connectivity index (χ0n) is 30.0. The summed E-state index contributed by atoms with van der Waals surface area (Å²) >= 11 is 0. The van der Waals surface area contributed by atoms with E-state index < -0.39 is 0 Å². The minimum absolute atomic E-state index is 0.630. The number of rotatable bonds is 6. The minimum atomic E-state index is 0.630. The van der Waals surface area contributed by atoms with E-state index in [1.54, 1.807) is 0 Å². The van der Waals surface area contributed by atoms with Gasteiger partial charge in [-0.2, -0.15) is 0 Å². The van der Waals surface area contributed by atoms with Gasteiger partial charge in [-0.05, 0) is 47.5 Å². The summed E-state index contributed by atoms with van der Waals surface area (Å²) in [6.45, 7) is 0. The summed E-state index contributed by atoms with van der Waals surface area (Å²) in [4.78, 5) is 20.0. The Bertz CT molecular complexity index is 3150. The number of aromatic nitrogens is 5. The van der Waals surface area contributed by atoms with Crippen LogP contribution in [0.1, 0.15) is 0 Å². The second-order valence-electron chi connectivity index (χ2n) is 13.8. The lowest BCUT2D eigenvalue weighted by molar-refractivity contribution is 0.676. The standard InChI is InChI=1S/C50H31N5O/c1-4-14-35(15-5-1)48-52-49(36-16-6-2-7-17-36)54-50(53-48)37-30-26-33(27-31-37)32-24-28-34(29-25-32)44-43-45-47(56-46(43)39-20-10-12-22-41(39)51-44)40-21-11-13-23-42(40)55(45)38-18-8-3-9-19-38/h1-31H. The van der Waals surface area contributed by atoms with Gasteiger partial charge in [-0.3, -0.25) is 0 Å². The Balaban J connectivity index is 1.01. The van der Waals surface area contributed by atoms with Crippen molar-refractivity contribution in [2.24, 2.45) is 0 Å². The average molecular weight is 718 g/mol. The average Bonchev–Trinajstić information content (AvgIpc) is 3.83. The first kappa shape index (κ1) is 31.8. The van der Waals surface area contributed by atoms with Gasteiger partial charge < -0.3 is 8.98 Å². The summed E-state index contributed by atoms with van der Waals surface area (Å²) in [6.07, 6.45) is 0. The second kappa shape index (κ2) is 13.0. The van der Waals surface area contributed by atoms with Crippen LogP contribution in [0.15, 0.2) is 192 Å². The molecule has 0 aliphatic rings. The molecule has 0 N–H and O–H groups in total. The number of benzene rings is 7. The number of hydrogen-bond acceptors (Lipinski definition) is 5. The number of pyridine rings is 1. The van der Waals surface area contributed by atoms with Crippen LogP contribution in [0.25, 0.3) is 106 Å². The van der Waals surface area contributed by atoms with E-state index in [0.29, 0.717) is 17.5 Å². The van der Waals surface area contributed by atoms with E-state index >= 15 is 0 Å². The van der Waals surface area contributed by atoms with Crippen LogP contribution in [-0.2, 0) is 0 Å². The predicted molar refractivity (Wildman–Crippen MR) is 226 cm³/mol. The lowest BCUT2D eigenvalue weighted by Crippen LogP contribution is -2.00. The highest BCUT2D eigenvalue weighted by Gasteiger charge is 2.24. The number of para-hydroxylation sites is 3. The highest BCUT2D eigenvalue weighted by molar-refractivity contribution is 6.24. The van der Waals surface area contributed by atoms with Crippen LogP contribution in [0.4, 0.5) is 0 Å². The van der Waals surface area contributed by atoms with Crippen molar-refractivity contribution in [3.63, 3.8) is 0 Å². The van der Waals surface area contributed by atoms with Crippen molar-refractivity contribution in [3.05, 3.63) is 188 Å². The molecule has 6 nitrogen and oxygen atoms in total. The lowest BCUT2D eigenvalue weighted by Gasteiger charge is -2.11. The van der Waals surface area contributed by atoms with E-state index in [1.165, 1.54) is 0 Å². The van der Waals surface area contributed by atoms with Crippen molar-refractivity contribution in [1.82, 2.24) is 24.5 Å². The van der Waals surface area contributed by atoms with E-state index in [4.69, 9.17) is 24.4 Å². The molecule has 11 rings (SSSR count). The molecule has 4 heterocycles. The summed E-state index contributed by atoms with van der Waals surface area (Å²) in [6, 6.07) is 64.3. The van der Waals surface area contributed by atoms with E-state index in [9.17, 15) is 0 Å². The first-order valence-electron chi connectivity index (χ1n) is 18.6. The predicted octanol–water partition coefficient (Wildman–Crippen LogP) is 12.6. The van der Waals surface area contributed by atoms with Gasteiger partial charge in [0.1, 0.15) is 11.1 Å². The minimum Gasteiger partial charge on any atom is -0.453 e. The zero-order chi connectivity index (χ0) is 37.0. The van der Waals surface area contributed by atoms with Crippen LogP contribution >= 0.6 is 0 Å². The molecule has 0 aliphatic carbocycles. The number of hydrogen-bond donors (Lipinski definition) is 0. The van der Waals surface area contributed by atoms with Crippen LogP contribution in [0.5, 0.6) is 0 Å². The highest BCUT2D eigenvalue weighted by Crippen LogP contribution is 2.44. The van der Waals surface area contributed by atoms with Crippen LogP contribution in [0.3, 0.4) is 0 Å². The molecular weight excluding hydrogens is 687 g/mol. The molecule has 0 aliphatic heterocycles. The largest absolute Gasteiger partial charge is 0.453 e. The SMILES string of the molecule is c1ccc(-c2nc(-c3ccccc3)nc(-c3ccc(-c4ccc(-c5nc6ccccc6c6oc7c8ccccc8n(-c8ccccc8)c7c56)cc4)cc3)n2)cc1. The van der Waals surface area contributed by atoms with Crippen LogP contribution in [-0.4, -0.2) is 24.5 Å². The van der Waals surface area contributed by atoms with Crippen molar-refractivity contribution in [2.45, 2.75) is 0 Å². The fraction of sp³-hybridized carbons (Fsp3) is 0. The highest BCUT2D eigenvalue weighted by atomic mass is 16.3. The maximum atomic E-state index is 6.87. The summed E-state index contributed by atoms with van der Waals surface area (Å²) in [7, 11) is 0. The number of fused-ring (bicyclic) bond motifs is 7. The molecule has 7 aromatic carbocycles. The van der Waals surface area contributed by atoms with Gasteiger partial charge in [0.05, 0.1) is 22.1 Å². The van der Waals surface area contributed by atoms with Crippen LogP contribution < -0.4 is 0 Å². The maximum absolute atomic E-state index is 6.87. The quantitative estimate of drug-likeness (QED) is 0.171. The first-order valence-corrected chi connectivity index (χ1v) is 18.6. The van der Waals surface area contributed by atoms with E-state index in [0.717, 1.165) is 88.6 Å². The molecule has 11 aromatic rings. The molecular formula is C50H31N5O. The topological polar surface area (TPSA) is 69.6 Å². The third-order valence-electron chi connectivity index (χ3n) is 10.5. The van der Waals surface area contributed by atoms with Crippen LogP contribution in [0, 0.1) is 0 Å². The number of nitrogens with zero attached hydrogens (tertiary/aromatic N) is 5. The number of furan rings is 1. The van der Waals surface area contributed by atoms with Gasteiger partial charge in [0.2, 0.25) is 0 Å². The molecule has 0 fully saturated rings. The summed E-state index contributed by atoms with van der Waals surface area (Å²) in [5.41, 5.74) is 12.7. The Kier molecular flexibility index (Phi) is 7.38. The maximum Gasteiger partial charge on any atom is 0.164 e. The van der Waals surface area contributed by atoms with Crippen molar-refractivity contribution in [2.75, 3.05) is 0 Å². The molecule has 0 unspecified atom stereocenters. The fourth-order valence-corrected chi connectivity index (χ4v) is 7.77. The molecule has 262 valence electrons. The van der Waals surface area contributed by atoms with Gasteiger partial charge in [0.15, 0.2) is 23.1 Å². The molecule has 0 atom stereocenters. The Morgan fingerprint density at radius 3 is 1.43 bits per heavy atom. The molecule has 0 saturated carbocycles. The Morgan fingerprint density at radius 1 is 0.357 bits per heavy atom. The van der Waals surface area contributed by atoms with Gasteiger partial charge >= 0.3 is 0 Å². The molecule has 0 amide bonds. The van der Waals surface area contributed by atoms with Gasteiger partial charge in [-0.15, -0.1) is 0 Å². The lowest BCUT2D eigenvalue weighted by atomic mass is 9.99. The van der Waals surface area contributed by atoms with Crippen molar-refractivity contribution < 1.29 is 4.42 Å². The second-order valence-corrected chi connectivity index (χ2v) is 13.8. The molecule has 0 saturated heterocycles. The third kappa shape index (κ3) is 5.27. The molecule has 0 bridgehead atoms.